The molecular weight excluding hydrogens is 396 g/mol. The first-order valence-corrected chi connectivity index (χ1v) is 10.6. The van der Waals surface area contributed by atoms with Crippen LogP contribution >= 0.6 is 0 Å². The lowest BCUT2D eigenvalue weighted by Crippen LogP contribution is -2.58. The number of fused-ring (bicyclic) bond motifs is 1. The van der Waals surface area contributed by atoms with E-state index < -0.39 is 5.91 Å². The molecule has 4 rings (SSSR count). The molecule has 3 N–H and O–H groups in total. The summed E-state index contributed by atoms with van der Waals surface area (Å²) >= 11 is 0. The second kappa shape index (κ2) is 8.95. The first kappa shape index (κ1) is 21.1. The van der Waals surface area contributed by atoms with Crippen LogP contribution in [0.5, 0.6) is 5.75 Å². The second-order valence-electron chi connectivity index (χ2n) is 8.26. The van der Waals surface area contributed by atoms with Crippen molar-refractivity contribution >= 4 is 17.6 Å². The highest BCUT2D eigenvalue weighted by Gasteiger charge is 2.32. The number of piperazine rings is 1. The molecule has 8 nitrogen and oxygen atoms in total. The Bertz CT molecular complexity index is 951. The van der Waals surface area contributed by atoms with Gasteiger partial charge in [0, 0.05) is 49.4 Å². The minimum absolute atomic E-state index is 0.0865. The van der Waals surface area contributed by atoms with E-state index in [1.165, 1.54) is 0 Å². The summed E-state index contributed by atoms with van der Waals surface area (Å²) in [7, 11) is 0. The second-order valence-corrected chi connectivity index (χ2v) is 8.26. The van der Waals surface area contributed by atoms with Crippen molar-refractivity contribution < 1.29 is 19.5 Å². The van der Waals surface area contributed by atoms with Gasteiger partial charge in [-0.05, 0) is 55.3 Å². The van der Waals surface area contributed by atoms with Gasteiger partial charge in [0.1, 0.15) is 5.75 Å². The van der Waals surface area contributed by atoms with Crippen LogP contribution < -0.4 is 15.5 Å². The Kier molecular flexibility index (Phi) is 6.11. The van der Waals surface area contributed by atoms with Crippen LogP contribution in [0.3, 0.4) is 0 Å². The summed E-state index contributed by atoms with van der Waals surface area (Å²) < 4.78 is 5.53. The van der Waals surface area contributed by atoms with Crippen molar-refractivity contribution in [2.75, 3.05) is 25.0 Å². The van der Waals surface area contributed by atoms with E-state index in [-0.39, 0.29) is 18.1 Å². The predicted octanol–water partition coefficient (Wildman–Crippen LogP) is 2.87. The minimum Gasteiger partial charge on any atom is -0.493 e. The molecule has 2 heterocycles. The Hall–Kier alpha value is -3.10. The molecule has 0 aliphatic carbocycles. The van der Waals surface area contributed by atoms with Gasteiger partial charge in [0.25, 0.3) is 5.91 Å². The number of anilines is 1. The number of urea groups is 1. The molecule has 31 heavy (non-hydrogen) atoms. The number of nitrogens with one attached hydrogen (secondary N) is 2. The molecule has 2 atom stereocenters. The molecule has 0 radical (unpaired) electrons. The van der Waals surface area contributed by atoms with Crippen molar-refractivity contribution in [1.29, 1.82) is 0 Å². The fourth-order valence-corrected chi connectivity index (χ4v) is 4.34. The lowest BCUT2D eigenvalue weighted by atomic mass is 10.1. The normalized spacial score (nSPS) is 20.7. The summed E-state index contributed by atoms with van der Waals surface area (Å²) in [5.41, 5.74) is 5.05. The lowest BCUT2D eigenvalue weighted by molar-refractivity contribution is 0.0526. The molecule has 164 valence electrons. The zero-order valence-electron chi connectivity index (χ0n) is 17.8. The van der Waals surface area contributed by atoms with Gasteiger partial charge in [-0.1, -0.05) is 12.1 Å². The molecule has 0 saturated carbocycles. The molecular formula is C23H28N4O4. The van der Waals surface area contributed by atoms with Gasteiger partial charge in [-0.15, -0.1) is 0 Å². The number of carbonyl (C=O) groups is 2. The molecule has 2 aliphatic heterocycles. The average molecular weight is 425 g/mol. The third kappa shape index (κ3) is 4.65. The number of benzene rings is 2. The van der Waals surface area contributed by atoms with E-state index in [0.29, 0.717) is 25.3 Å². The first-order chi connectivity index (χ1) is 14.9. The number of hydroxylamine groups is 1. The topological polar surface area (TPSA) is 94.1 Å². The third-order valence-corrected chi connectivity index (χ3v) is 6.01. The van der Waals surface area contributed by atoms with Crippen LogP contribution in [-0.2, 0) is 13.0 Å². The van der Waals surface area contributed by atoms with Crippen LogP contribution in [0.4, 0.5) is 10.5 Å². The van der Waals surface area contributed by atoms with Crippen molar-refractivity contribution in [1.82, 2.24) is 15.3 Å². The van der Waals surface area contributed by atoms with E-state index in [1.807, 2.05) is 35.2 Å². The molecule has 8 heteroatoms. The SMILES string of the molecule is C[C@@H]1CN(C(=O)Nc2ccc3c(c2)CCO3)C[C@H](C)N1Cc1ccc(C(=O)NO)cc1. The van der Waals surface area contributed by atoms with Crippen LogP contribution in [0.1, 0.15) is 35.3 Å². The summed E-state index contributed by atoms with van der Waals surface area (Å²) in [5, 5.41) is 11.8. The maximum Gasteiger partial charge on any atom is 0.321 e. The Balaban J connectivity index is 1.36. The average Bonchev–Trinajstić information content (AvgIpc) is 3.24. The summed E-state index contributed by atoms with van der Waals surface area (Å²) in [4.78, 5) is 28.6. The lowest BCUT2D eigenvalue weighted by Gasteiger charge is -2.44. The standard InChI is InChI=1S/C23H28N4O4/c1-15-12-26(23(29)24-20-7-8-21-19(11-20)9-10-31-21)13-16(2)27(15)14-17-3-5-18(6-4-17)22(28)25-30/h3-8,11,15-16,30H,9-10,12-14H2,1-2H3,(H,24,29)(H,25,28)/t15-,16+. The molecule has 0 unspecified atom stereocenters. The van der Waals surface area contributed by atoms with Gasteiger partial charge < -0.3 is 15.0 Å². The van der Waals surface area contributed by atoms with Crippen molar-refractivity contribution in [3.05, 3.63) is 59.2 Å². The largest absolute Gasteiger partial charge is 0.493 e. The van der Waals surface area contributed by atoms with Gasteiger partial charge in [0.05, 0.1) is 6.61 Å². The zero-order valence-corrected chi connectivity index (χ0v) is 17.8. The summed E-state index contributed by atoms with van der Waals surface area (Å²) in [6, 6.07) is 13.2. The van der Waals surface area contributed by atoms with Crippen LogP contribution in [0.15, 0.2) is 42.5 Å². The monoisotopic (exact) mass is 424 g/mol. The minimum atomic E-state index is -0.524. The number of rotatable bonds is 4. The van der Waals surface area contributed by atoms with E-state index in [0.717, 1.165) is 35.5 Å². The third-order valence-electron chi connectivity index (χ3n) is 6.01. The van der Waals surface area contributed by atoms with Gasteiger partial charge in [-0.25, -0.2) is 10.3 Å². The number of hydrogen-bond donors (Lipinski definition) is 3. The fourth-order valence-electron chi connectivity index (χ4n) is 4.34. The van der Waals surface area contributed by atoms with Gasteiger partial charge in [0.15, 0.2) is 0 Å². The maximum atomic E-state index is 12.9. The quantitative estimate of drug-likeness (QED) is 0.518. The highest BCUT2D eigenvalue weighted by molar-refractivity contribution is 5.93. The Morgan fingerprint density at radius 1 is 1.10 bits per heavy atom. The molecule has 3 amide bonds. The molecule has 2 aromatic rings. The Morgan fingerprint density at radius 3 is 2.48 bits per heavy atom. The molecule has 1 fully saturated rings. The zero-order chi connectivity index (χ0) is 22.0. The predicted molar refractivity (Wildman–Crippen MR) is 116 cm³/mol. The van der Waals surface area contributed by atoms with Crippen molar-refractivity contribution in [3.8, 4) is 5.75 Å². The molecule has 1 saturated heterocycles. The number of hydrogen-bond acceptors (Lipinski definition) is 5. The van der Waals surface area contributed by atoms with E-state index in [2.05, 4.69) is 24.1 Å². The maximum absolute atomic E-state index is 12.9. The van der Waals surface area contributed by atoms with Crippen LogP contribution in [0.25, 0.3) is 0 Å². The first-order valence-electron chi connectivity index (χ1n) is 10.6. The summed E-state index contributed by atoms with van der Waals surface area (Å²) in [6.07, 6.45) is 0.872. The van der Waals surface area contributed by atoms with Gasteiger partial charge in [-0.3, -0.25) is 14.9 Å². The number of ether oxygens (including phenoxy) is 1. The van der Waals surface area contributed by atoms with E-state index in [9.17, 15) is 9.59 Å². The molecule has 0 spiro atoms. The van der Waals surface area contributed by atoms with Crippen molar-refractivity contribution in [2.24, 2.45) is 0 Å². The van der Waals surface area contributed by atoms with Crippen LogP contribution in [-0.4, -0.2) is 58.7 Å². The van der Waals surface area contributed by atoms with Crippen molar-refractivity contribution in [3.63, 3.8) is 0 Å². The summed E-state index contributed by atoms with van der Waals surface area (Å²) in [6.45, 7) is 6.93. The van der Waals surface area contributed by atoms with E-state index in [1.54, 1.807) is 17.6 Å². The van der Waals surface area contributed by atoms with Crippen LogP contribution in [0, 0.1) is 0 Å². The highest BCUT2D eigenvalue weighted by atomic mass is 16.5. The van der Waals surface area contributed by atoms with Crippen molar-refractivity contribution in [2.45, 2.75) is 38.9 Å². The van der Waals surface area contributed by atoms with E-state index >= 15 is 0 Å². The van der Waals surface area contributed by atoms with Gasteiger partial charge in [0.2, 0.25) is 0 Å². The Morgan fingerprint density at radius 2 is 1.81 bits per heavy atom. The van der Waals surface area contributed by atoms with Crippen LogP contribution in [0.2, 0.25) is 0 Å². The fraction of sp³-hybridized carbons (Fsp3) is 0.391. The van der Waals surface area contributed by atoms with E-state index in [4.69, 9.17) is 9.94 Å². The van der Waals surface area contributed by atoms with Gasteiger partial charge in [-0.2, -0.15) is 0 Å². The summed E-state index contributed by atoms with van der Waals surface area (Å²) in [5.74, 6) is 0.377. The molecule has 0 bridgehead atoms. The number of carbonyl (C=O) groups excluding carboxylic acids is 2. The smallest absolute Gasteiger partial charge is 0.321 e. The number of amides is 3. The molecule has 2 aliphatic rings. The number of nitrogens with zero attached hydrogens (tertiary/aromatic N) is 2. The Labute approximate surface area is 181 Å². The highest BCUT2D eigenvalue weighted by Crippen LogP contribution is 2.28. The van der Waals surface area contributed by atoms with Gasteiger partial charge >= 0.3 is 6.03 Å². The molecule has 0 aromatic heterocycles. The molecule has 2 aromatic carbocycles.